The van der Waals surface area contributed by atoms with Crippen LogP contribution in [0.1, 0.15) is 5.76 Å². The van der Waals surface area contributed by atoms with Gasteiger partial charge in [0.2, 0.25) is 5.91 Å². The van der Waals surface area contributed by atoms with Gasteiger partial charge in [-0.05, 0) is 18.2 Å². The molecule has 10 nitrogen and oxygen atoms in total. The molecule has 1 amide bonds. The number of anilines is 1. The minimum Gasteiger partial charge on any atom is -0.467 e. The first-order chi connectivity index (χ1) is 11.0. The Morgan fingerprint density at radius 1 is 1.17 bits per heavy atom. The number of benzene rings is 1. The van der Waals surface area contributed by atoms with Gasteiger partial charge in [0.15, 0.2) is 0 Å². The molecule has 0 radical (unpaired) electrons. The van der Waals surface area contributed by atoms with Gasteiger partial charge >= 0.3 is 0 Å². The highest BCUT2D eigenvalue weighted by molar-refractivity contribution is 5.81. The molecule has 2 rings (SSSR count). The highest BCUT2D eigenvalue weighted by atomic mass is 16.6. The van der Waals surface area contributed by atoms with E-state index in [1.165, 1.54) is 12.3 Å². The third kappa shape index (κ3) is 4.27. The Balaban J connectivity index is 1.97. The Morgan fingerprint density at radius 2 is 1.96 bits per heavy atom. The van der Waals surface area contributed by atoms with E-state index in [1.807, 2.05) is 0 Å². The zero-order chi connectivity index (χ0) is 16.8. The van der Waals surface area contributed by atoms with Gasteiger partial charge in [0.05, 0.1) is 35.3 Å². The Bertz CT molecular complexity index is 728. The van der Waals surface area contributed by atoms with Gasteiger partial charge < -0.3 is 15.1 Å². The van der Waals surface area contributed by atoms with Gasteiger partial charge in [0.1, 0.15) is 11.4 Å². The van der Waals surface area contributed by atoms with E-state index in [9.17, 15) is 25.0 Å². The Labute approximate surface area is 129 Å². The predicted molar refractivity (Wildman–Crippen MR) is 78.8 cm³/mol. The second kappa shape index (κ2) is 7.02. The third-order valence-corrected chi connectivity index (χ3v) is 2.87. The molecule has 0 aliphatic carbocycles. The van der Waals surface area contributed by atoms with Crippen molar-refractivity contribution in [2.75, 3.05) is 11.9 Å². The van der Waals surface area contributed by atoms with Gasteiger partial charge in [-0.3, -0.25) is 25.0 Å². The Morgan fingerprint density at radius 3 is 2.57 bits per heavy atom. The fraction of sp³-hybridized carbons (Fsp3) is 0.154. The van der Waals surface area contributed by atoms with Gasteiger partial charge in [0.25, 0.3) is 11.4 Å². The van der Waals surface area contributed by atoms with Crippen LogP contribution in [0, 0.1) is 20.2 Å². The van der Waals surface area contributed by atoms with Gasteiger partial charge in [0, 0.05) is 6.07 Å². The minimum absolute atomic E-state index is 0.0220. The van der Waals surface area contributed by atoms with Crippen molar-refractivity contribution in [2.45, 2.75) is 6.54 Å². The molecule has 23 heavy (non-hydrogen) atoms. The first kappa shape index (κ1) is 15.9. The van der Waals surface area contributed by atoms with E-state index >= 15 is 0 Å². The second-order valence-electron chi connectivity index (χ2n) is 4.43. The third-order valence-electron chi connectivity index (χ3n) is 2.87. The van der Waals surface area contributed by atoms with Crippen LogP contribution in [-0.2, 0) is 11.3 Å². The molecule has 1 aromatic carbocycles. The molecule has 0 saturated heterocycles. The standard InChI is InChI=1S/C13H12N4O6/c18-13(15-7-10-2-1-5-23-10)8-14-11-4-3-9(16(19)20)6-12(11)17(21)22/h1-6,14H,7-8H2,(H,15,18). The second-order valence-corrected chi connectivity index (χ2v) is 4.43. The van der Waals surface area contributed by atoms with Gasteiger partial charge in [-0.2, -0.15) is 0 Å². The Hall–Kier alpha value is -3.43. The number of carbonyl (C=O) groups is 1. The number of furan rings is 1. The van der Waals surface area contributed by atoms with Gasteiger partial charge in [-0.15, -0.1) is 0 Å². The molecule has 1 aromatic heterocycles. The lowest BCUT2D eigenvalue weighted by Crippen LogP contribution is -2.29. The highest BCUT2D eigenvalue weighted by Gasteiger charge is 2.19. The van der Waals surface area contributed by atoms with Crippen LogP contribution in [0.15, 0.2) is 41.0 Å². The lowest BCUT2D eigenvalue weighted by Gasteiger charge is -2.07. The van der Waals surface area contributed by atoms with Crippen LogP contribution in [0.4, 0.5) is 17.1 Å². The van der Waals surface area contributed by atoms with Crippen molar-refractivity contribution >= 4 is 23.0 Å². The molecule has 0 saturated carbocycles. The fourth-order valence-corrected chi connectivity index (χ4v) is 1.77. The number of nitro benzene ring substituents is 2. The van der Waals surface area contributed by atoms with Crippen LogP contribution in [0.5, 0.6) is 0 Å². The van der Waals surface area contributed by atoms with Crippen LogP contribution >= 0.6 is 0 Å². The fourth-order valence-electron chi connectivity index (χ4n) is 1.77. The summed E-state index contributed by atoms with van der Waals surface area (Å²) in [5, 5.41) is 26.7. The van der Waals surface area contributed by atoms with Crippen molar-refractivity contribution < 1.29 is 19.1 Å². The average Bonchev–Trinajstić information content (AvgIpc) is 3.03. The SMILES string of the molecule is O=C(CNc1ccc([N+](=O)[O-])cc1[N+](=O)[O-])NCc1ccco1. The summed E-state index contributed by atoms with van der Waals surface area (Å²) in [5.41, 5.74) is -0.851. The van der Waals surface area contributed by atoms with Gasteiger partial charge in [-0.1, -0.05) is 0 Å². The lowest BCUT2D eigenvalue weighted by atomic mass is 10.2. The number of rotatable bonds is 7. The summed E-state index contributed by atoms with van der Waals surface area (Å²) < 4.78 is 5.04. The van der Waals surface area contributed by atoms with E-state index in [2.05, 4.69) is 10.6 Å². The molecular weight excluding hydrogens is 308 g/mol. The predicted octanol–water partition coefficient (Wildman–Crippen LogP) is 1.82. The topological polar surface area (TPSA) is 141 Å². The van der Waals surface area contributed by atoms with Crippen LogP contribution < -0.4 is 10.6 Å². The number of carbonyl (C=O) groups excluding carboxylic acids is 1. The summed E-state index contributed by atoms with van der Waals surface area (Å²) in [6.45, 7) is -0.0325. The molecule has 0 aliphatic heterocycles. The number of nitro groups is 2. The van der Waals surface area contributed by atoms with Crippen LogP contribution in [0.25, 0.3) is 0 Å². The van der Waals surface area contributed by atoms with E-state index in [4.69, 9.17) is 4.42 Å². The molecule has 1 heterocycles. The first-order valence-electron chi connectivity index (χ1n) is 6.43. The minimum atomic E-state index is -0.754. The molecule has 0 atom stereocenters. The largest absolute Gasteiger partial charge is 0.467 e. The molecule has 0 unspecified atom stereocenters. The van der Waals surface area contributed by atoms with E-state index in [0.29, 0.717) is 5.76 Å². The molecule has 2 N–H and O–H groups in total. The van der Waals surface area contributed by atoms with Crippen molar-refractivity contribution in [3.63, 3.8) is 0 Å². The number of nitrogens with zero attached hydrogens (tertiary/aromatic N) is 2. The van der Waals surface area contributed by atoms with Crippen molar-refractivity contribution in [2.24, 2.45) is 0 Å². The van der Waals surface area contributed by atoms with Crippen molar-refractivity contribution in [3.05, 3.63) is 62.6 Å². The normalized spacial score (nSPS) is 10.1. The summed E-state index contributed by atoms with van der Waals surface area (Å²) in [5.74, 6) is 0.161. The zero-order valence-corrected chi connectivity index (χ0v) is 11.7. The Kier molecular flexibility index (Phi) is 4.87. The molecule has 10 heteroatoms. The van der Waals surface area contributed by atoms with Crippen molar-refractivity contribution in [1.29, 1.82) is 0 Å². The monoisotopic (exact) mass is 320 g/mol. The summed E-state index contributed by atoms with van der Waals surface area (Å²) in [7, 11) is 0. The molecule has 0 bridgehead atoms. The zero-order valence-electron chi connectivity index (χ0n) is 11.7. The number of nitrogens with one attached hydrogen (secondary N) is 2. The number of hydrogen-bond donors (Lipinski definition) is 2. The maximum Gasteiger partial charge on any atom is 0.299 e. The first-order valence-corrected chi connectivity index (χ1v) is 6.43. The smallest absolute Gasteiger partial charge is 0.299 e. The number of hydrogen-bond acceptors (Lipinski definition) is 7. The lowest BCUT2D eigenvalue weighted by molar-refractivity contribution is -0.393. The number of amides is 1. The number of non-ortho nitro benzene ring substituents is 1. The van der Waals surface area contributed by atoms with E-state index in [-0.39, 0.29) is 18.8 Å². The van der Waals surface area contributed by atoms with Crippen LogP contribution in [0.3, 0.4) is 0 Å². The van der Waals surface area contributed by atoms with Crippen molar-refractivity contribution in [1.82, 2.24) is 5.32 Å². The average molecular weight is 320 g/mol. The summed E-state index contributed by atoms with van der Waals surface area (Å²) in [6.07, 6.45) is 1.47. The maximum atomic E-state index is 11.7. The summed E-state index contributed by atoms with van der Waals surface area (Å²) in [4.78, 5) is 31.8. The quantitative estimate of drug-likeness (QED) is 0.585. The maximum absolute atomic E-state index is 11.7. The van der Waals surface area contributed by atoms with E-state index in [1.54, 1.807) is 12.1 Å². The van der Waals surface area contributed by atoms with Crippen LogP contribution in [-0.4, -0.2) is 22.3 Å². The molecule has 0 spiro atoms. The van der Waals surface area contributed by atoms with E-state index in [0.717, 1.165) is 12.1 Å². The molecule has 0 aliphatic rings. The van der Waals surface area contributed by atoms with Crippen LogP contribution in [0.2, 0.25) is 0 Å². The van der Waals surface area contributed by atoms with E-state index < -0.39 is 27.1 Å². The molecule has 0 fully saturated rings. The highest BCUT2D eigenvalue weighted by Crippen LogP contribution is 2.28. The summed E-state index contributed by atoms with van der Waals surface area (Å²) in [6, 6.07) is 6.52. The van der Waals surface area contributed by atoms with Crippen molar-refractivity contribution in [3.8, 4) is 0 Å². The van der Waals surface area contributed by atoms with Gasteiger partial charge in [-0.25, -0.2) is 0 Å². The molecule has 2 aromatic rings. The summed E-state index contributed by atoms with van der Waals surface area (Å²) >= 11 is 0. The molecule has 120 valence electrons. The molecular formula is C13H12N4O6.